The van der Waals surface area contributed by atoms with Crippen molar-refractivity contribution in [3.8, 4) is 11.5 Å². The van der Waals surface area contributed by atoms with Crippen LogP contribution in [0.5, 0.6) is 0 Å². The number of hydrogen-bond acceptors (Lipinski definition) is 5. The Labute approximate surface area is 116 Å². The highest BCUT2D eigenvalue weighted by Gasteiger charge is 2.21. The minimum Gasteiger partial charge on any atom is -0.420 e. The molecule has 1 aliphatic heterocycles. The highest BCUT2D eigenvalue weighted by molar-refractivity contribution is 8.93. The van der Waals surface area contributed by atoms with E-state index < -0.39 is 0 Å². The van der Waals surface area contributed by atoms with Crippen LogP contribution in [0.25, 0.3) is 11.5 Å². The molecule has 5 nitrogen and oxygen atoms in total. The average Bonchev–Trinajstić information content (AvgIpc) is 2.90. The molecule has 0 aliphatic carbocycles. The van der Waals surface area contributed by atoms with Crippen molar-refractivity contribution >= 4 is 17.0 Å². The Morgan fingerprint density at radius 1 is 1.11 bits per heavy atom. The van der Waals surface area contributed by atoms with E-state index in [1.165, 1.54) is 0 Å². The van der Waals surface area contributed by atoms with Gasteiger partial charge < -0.3 is 9.73 Å². The molecule has 18 heavy (non-hydrogen) atoms. The maximum absolute atomic E-state index is 5.73. The summed E-state index contributed by atoms with van der Waals surface area (Å²) in [5.41, 5.74) is 0.924. The highest BCUT2D eigenvalue weighted by Crippen LogP contribution is 2.26. The van der Waals surface area contributed by atoms with E-state index >= 15 is 0 Å². The van der Waals surface area contributed by atoms with Gasteiger partial charge in [0.1, 0.15) is 0 Å². The van der Waals surface area contributed by atoms with Gasteiger partial charge >= 0.3 is 0 Å². The van der Waals surface area contributed by atoms with Crippen LogP contribution < -0.4 is 5.32 Å². The zero-order chi connectivity index (χ0) is 11.5. The maximum Gasteiger partial charge on any atom is 0.247 e. The minimum absolute atomic E-state index is 0. The molecule has 1 fully saturated rings. The number of piperidine rings is 1. The SMILES string of the molecule is Br.c1cc(-c2nnc(C3CCNCC3)o2)ccn1. The van der Waals surface area contributed by atoms with Gasteiger partial charge in [-0.3, -0.25) is 4.98 Å². The summed E-state index contributed by atoms with van der Waals surface area (Å²) in [5, 5.41) is 11.6. The van der Waals surface area contributed by atoms with Crippen LogP contribution in [-0.4, -0.2) is 28.3 Å². The largest absolute Gasteiger partial charge is 0.420 e. The lowest BCUT2D eigenvalue weighted by molar-refractivity contribution is 0.378. The molecule has 6 heteroatoms. The standard InChI is InChI=1S/C12H14N4O.BrH/c1-5-13-6-2-9(1)11-15-16-12(17-11)10-3-7-14-8-4-10;/h1-2,5-6,10,14H,3-4,7-8H2;1H. The van der Waals surface area contributed by atoms with Gasteiger partial charge in [0.15, 0.2) is 0 Å². The summed E-state index contributed by atoms with van der Waals surface area (Å²) in [6.07, 6.45) is 5.59. The zero-order valence-corrected chi connectivity index (χ0v) is 11.6. The Bertz CT molecular complexity index is 482. The van der Waals surface area contributed by atoms with Crippen molar-refractivity contribution in [3.05, 3.63) is 30.4 Å². The van der Waals surface area contributed by atoms with Gasteiger partial charge in [-0.05, 0) is 38.1 Å². The average molecular weight is 311 g/mol. The van der Waals surface area contributed by atoms with Crippen LogP contribution in [0.1, 0.15) is 24.7 Å². The molecule has 1 saturated heterocycles. The van der Waals surface area contributed by atoms with Gasteiger partial charge in [0.25, 0.3) is 0 Å². The molecule has 0 radical (unpaired) electrons. The number of hydrogen-bond donors (Lipinski definition) is 1. The fraction of sp³-hybridized carbons (Fsp3) is 0.417. The van der Waals surface area contributed by atoms with E-state index in [1.807, 2.05) is 12.1 Å². The first-order valence-electron chi connectivity index (χ1n) is 5.88. The molecule has 0 aromatic carbocycles. The topological polar surface area (TPSA) is 63.8 Å². The summed E-state index contributed by atoms with van der Waals surface area (Å²) >= 11 is 0. The third-order valence-electron chi connectivity index (χ3n) is 3.06. The molecule has 0 atom stereocenters. The molecule has 3 heterocycles. The van der Waals surface area contributed by atoms with Gasteiger partial charge in [-0.2, -0.15) is 0 Å². The number of nitrogens with one attached hydrogen (secondary N) is 1. The molecule has 0 saturated carbocycles. The van der Waals surface area contributed by atoms with Gasteiger partial charge in [0.2, 0.25) is 11.8 Å². The Balaban J connectivity index is 0.00000120. The predicted molar refractivity (Wildman–Crippen MR) is 72.7 cm³/mol. The Morgan fingerprint density at radius 3 is 2.56 bits per heavy atom. The summed E-state index contributed by atoms with van der Waals surface area (Å²) in [5.74, 6) is 1.75. The molecular weight excluding hydrogens is 296 g/mol. The highest BCUT2D eigenvalue weighted by atomic mass is 79.9. The molecule has 3 rings (SSSR count). The molecule has 1 N–H and O–H groups in total. The molecule has 0 bridgehead atoms. The summed E-state index contributed by atoms with van der Waals surface area (Å²) < 4.78 is 5.73. The fourth-order valence-corrected chi connectivity index (χ4v) is 2.08. The van der Waals surface area contributed by atoms with E-state index in [1.54, 1.807) is 12.4 Å². The molecule has 0 spiro atoms. The van der Waals surface area contributed by atoms with Crippen molar-refractivity contribution in [2.24, 2.45) is 0 Å². The second kappa shape index (κ2) is 6.06. The van der Waals surface area contributed by atoms with E-state index in [4.69, 9.17) is 4.42 Å². The van der Waals surface area contributed by atoms with Crippen LogP contribution in [0.3, 0.4) is 0 Å². The molecule has 1 aliphatic rings. The third kappa shape index (κ3) is 2.76. The Kier molecular flexibility index (Phi) is 4.43. The number of pyridine rings is 1. The van der Waals surface area contributed by atoms with Crippen molar-refractivity contribution < 1.29 is 4.42 Å². The van der Waals surface area contributed by atoms with Crippen molar-refractivity contribution in [1.29, 1.82) is 0 Å². The van der Waals surface area contributed by atoms with Crippen LogP contribution in [0.15, 0.2) is 28.9 Å². The van der Waals surface area contributed by atoms with Gasteiger partial charge in [-0.1, -0.05) is 0 Å². The van der Waals surface area contributed by atoms with Crippen LogP contribution in [0, 0.1) is 0 Å². The molecule has 96 valence electrons. The molecule has 0 unspecified atom stereocenters. The summed E-state index contributed by atoms with van der Waals surface area (Å²) in [6.45, 7) is 2.05. The van der Waals surface area contributed by atoms with Crippen molar-refractivity contribution in [3.63, 3.8) is 0 Å². The number of nitrogens with zero attached hydrogens (tertiary/aromatic N) is 3. The van der Waals surface area contributed by atoms with Gasteiger partial charge in [0, 0.05) is 23.9 Å². The smallest absolute Gasteiger partial charge is 0.247 e. The van der Waals surface area contributed by atoms with Gasteiger partial charge in [-0.25, -0.2) is 0 Å². The Morgan fingerprint density at radius 2 is 1.83 bits per heavy atom. The molecular formula is C12H15BrN4O. The second-order valence-electron chi connectivity index (χ2n) is 4.21. The first kappa shape index (κ1) is 13.2. The van der Waals surface area contributed by atoms with E-state index in [-0.39, 0.29) is 17.0 Å². The van der Waals surface area contributed by atoms with Gasteiger partial charge in [-0.15, -0.1) is 27.2 Å². The lowest BCUT2D eigenvalue weighted by atomic mass is 9.98. The lowest BCUT2D eigenvalue weighted by Gasteiger charge is -2.18. The number of halogens is 1. The normalized spacial score (nSPS) is 16.2. The Hall–Kier alpha value is -1.27. The zero-order valence-electron chi connectivity index (χ0n) is 9.87. The fourth-order valence-electron chi connectivity index (χ4n) is 2.08. The minimum atomic E-state index is 0. The molecule has 0 amide bonds. The lowest BCUT2D eigenvalue weighted by Crippen LogP contribution is -2.26. The quantitative estimate of drug-likeness (QED) is 0.921. The first-order valence-corrected chi connectivity index (χ1v) is 5.88. The molecule has 2 aromatic heterocycles. The van der Waals surface area contributed by atoms with Crippen molar-refractivity contribution in [2.45, 2.75) is 18.8 Å². The van der Waals surface area contributed by atoms with E-state index in [9.17, 15) is 0 Å². The molecule has 2 aromatic rings. The van der Waals surface area contributed by atoms with Crippen molar-refractivity contribution in [1.82, 2.24) is 20.5 Å². The second-order valence-corrected chi connectivity index (χ2v) is 4.21. The van der Waals surface area contributed by atoms with Crippen LogP contribution >= 0.6 is 17.0 Å². The predicted octanol–water partition coefficient (Wildman–Crippen LogP) is 2.18. The summed E-state index contributed by atoms with van der Waals surface area (Å²) in [7, 11) is 0. The number of rotatable bonds is 2. The van der Waals surface area contributed by atoms with Crippen LogP contribution in [-0.2, 0) is 0 Å². The van der Waals surface area contributed by atoms with E-state index in [2.05, 4.69) is 20.5 Å². The van der Waals surface area contributed by atoms with Crippen LogP contribution in [0.4, 0.5) is 0 Å². The number of aromatic nitrogens is 3. The summed E-state index contributed by atoms with van der Waals surface area (Å²) in [6, 6.07) is 3.75. The van der Waals surface area contributed by atoms with Gasteiger partial charge in [0.05, 0.1) is 0 Å². The summed E-state index contributed by atoms with van der Waals surface area (Å²) in [4.78, 5) is 3.97. The van der Waals surface area contributed by atoms with E-state index in [0.29, 0.717) is 11.8 Å². The van der Waals surface area contributed by atoms with Crippen molar-refractivity contribution in [2.75, 3.05) is 13.1 Å². The monoisotopic (exact) mass is 310 g/mol. The maximum atomic E-state index is 5.73. The van der Waals surface area contributed by atoms with Crippen LogP contribution in [0.2, 0.25) is 0 Å². The third-order valence-corrected chi connectivity index (χ3v) is 3.06. The van der Waals surface area contributed by atoms with E-state index in [0.717, 1.165) is 37.4 Å². The first-order chi connectivity index (χ1) is 8.43.